The number of benzene rings is 1. The van der Waals surface area contributed by atoms with Gasteiger partial charge in [-0.05, 0) is 31.6 Å². The van der Waals surface area contributed by atoms with Crippen LogP contribution in [0.25, 0.3) is 0 Å². The first-order valence-corrected chi connectivity index (χ1v) is 6.28. The molecule has 1 N–H and O–H groups in total. The molecule has 0 radical (unpaired) electrons. The lowest BCUT2D eigenvalue weighted by Crippen LogP contribution is -2.30. The van der Waals surface area contributed by atoms with E-state index in [1.54, 1.807) is 19.1 Å². The first kappa shape index (κ1) is 13.4. The van der Waals surface area contributed by atoms with E-state index in [4.69, 9.17) is 12.2 Å². The number of nitro groups is 1. The molecule has 1 atom stereocenters. The van der Waals surface area contributed by atoms with Crippen molar-refractivity contribution in [2.75, 3.05) is 4.90 Å². The van der Waals surface area contributed by atoms with Crippen LogP contribution >= 0.6 is 12.2 Å². The van der Waals surface area contributed by atoms with Crippen LogP contribution in [0.4, 0.5) is 11.4 Å². The molecule has 0 aromatic heterocycles. The fraction of sp³-hybridized carbons (Fsp3) is 0.333. The van der Waals surface area contributed by atoms with Gasteiger partial charge in [0.15, 0.2) is 5.11 Å². The molecule has 0 saturated carbocycles. The Bertz CT molecular complexity index is 573. The summed E-state index contributed by atoms with van der Waals surface area (Å²) in [6.45, 7) is 3.54. The molecule has 0 unspecified atom stereocenters. The van der Waals surface area contributed by atoms with E-state index in [2.05, 4.69) is 5.32 Å². The molecule has 1 heterocycles. The van der Waals surface area contributed by atoms with Gasteiger partial charge in [0.25, 0.3) is 11.6 Å². The molecule has 1 aliphatic heterocycles. The summed E-state index contributed by atoms with van der Waals surface area (Å²) in [4.78, 5) is 23.8. The monoisotopic (exact) mass is 279 g/mol. The molecule has 2 rings (SSSR count). The Kier molecular flexibility index (Phi) is 3.48. The van der Waals surface area contributed by atoms with Gasteiger partial charge in [-0.15, -0.1) is 0 Å². The van der Waals surface area contributed by atoms with Crippen LogP contribution in [0.1, 0.15) is 19.4 Å². The highest BCUT2D eigenvalue weighted by Gasteiger charge is 2.34. The molecule has 0 bridgehead atoms. The van der Waals surface area contributed by atoms with E-state index in [9.17, 15) is 14.9 Å². The number of carbonyl (C=O) groups excluding carboxylic acids is 1. The maximum absolute atomic E-state index is 12.0. The Morgan fingerprint density at radius 2 is 2.21 bits per heavy atom. The first-order chi connectivity index (χ1) is 8.95. The third-order valence-electron chi connectivity index (χ3n) is 3.04. The van der Waals surface area contributed by atoms with Gasteiger partial charge in [-0.2, -0.15) is 0 Å². The molecule has 1 fully saturated rings. The summed E-state index contributed by atoms with van der Waals surface area (Å²) in [5.74, 6) is -0.205. The molecule has 100 valence electrons. The molecule has 7 heteroatoms. The minimum absolute atomic E-state index is 0.00940. The van der Waals surface area contributed by atoms with Crippen LogP contribution < -0.4 is 10.2 Å². The topological polar surface area (TPSA) is 75.5 Å². The van der Waals surface area contributed by atoms with Crippen molar-refractivity contribution in [3.05, 3.63) is 33.9 Å². The number of nitrogens with one attached hydrogen (secondary N) is 1. The molecule has 1 aromatic rings. The van der Waals surface area contributed by atoms with Gasteiger partial charge in [0, 0.05) is 11.6 Å². The molecular formula is C12H13N3O3S. The number of nitrogens with zero attached hydrogens (tertiary/aromatic N) is 2. The number of amides is 1. The zero-order valence-electron chi connectivity index (χ0n) is 10.5. The Morgan fingerprint density at radius 3 is 2.68 bits per heavy atom. The van der Waals surface area contributed by atoms with Crippen LogP contribution in [0, 0.1) is 10.1 Å². The maximum Gasteiger partial charge on any atom is 0.274 e. The summed E-state index contributed by atoms with van der Waals surface area (Å²) in [5, 5.41) is 14.1. The summed E-state index contributed by atoms with van der Waals surface area (Å²) in [7, 11) is 0. The Labute approximate surface area is 115 Å². The lowest BCUT2D eigenvalue weighted by atomic mass is 10.1. The van der Waals surface area contributed by atoms with Crippen LogP contribution in [0.3, 0.4) is 0 Å². The summed E-state index contributed by atoms with van der Waals surface area (Å²) < 4.78 is 0. The van der Waals surface area contributed by atoms with E-state index in [1.807, 2.05) is 6.92 Å². The SMILES string of the molecule is CCc1ccc(N2C(=O)[C@H](C)NC2=S)cc1[N+](=O)[O-]. The number of aryl methyl sites for hydroxylation is 1. The van der Waals surface area contributed by atoms with Crippen molar-refractivity contribution in [3.63, 3.8) is 0 Å². The lowest BCUT2D eigenvalue weighted by molar-refractivity contribution is -0.385. The number of carbonyl (C=O) groups is 1. The van der Waals surface area contributed by atoms with Crippen LogP contribution in [0.5, 0.6) is 0 Å². The van der Waals surface area contributed by atoms with Crippen molar-refractivity contribution < 1.29 is 9.72 Å². The van der Waals surface area contributed by atoms with Crippen LogP contribution in [0.15, 0.2) is 18.2 Å². The van der Waals surface area contributed by atoms with Crippen molar-refractivity contribution in [2.24, 2.45) is 0 Å². The van der Waals surface area contributed by atoms with Crippen molar-refractivity contribution in [1.82, 2.24) is 5.32 Å². The number of hydrogen-bond acceptors (Lipinski definition) is 4. The number of rotatable bonds is 3. The zero-order chi connectivity index (χ0) is 14.2. The number of hydrogen-bond donors (Lipinski definition) is 1. The van der Waals surface area contributed by atoms with E-state index in [-0.39, 0.29) is 16.7 Å². The summed E-state index contributed by atoms with van der Waals surface area (Å²) in [6, 6.07) is 4.32. The summed E-state index contributed by atoms with van der Waals surface area (Å²) in [5.41, 5.74) is 1.07. The van der Waals surface area contributed by atoms with Crippen molar-refractivity contribution in [3.8, 4) is 0 Å². The largest absolute Gasteiger partial charge is 0.350 e. The number of nitro benzene ring substituents is 1. The quantitative estimate of drug-likeness (QED) is 0.518. The van der Waals surface area contributed by atoms with Crippen LogP contribution in [-0.2, 0) is 11.2 Å². The molecule has 1 saturated heterocycles. The van der Waals surface area contributed by atoms with Crippen molar-refractivity contribution >= 4 is 34.6 Å². The third kappa shape index (κ3) is 2.28. The van der Waals surface area contributed by atoms with E-state index in [1.165, 1.54) is 11.0 Å². The van der Waals surface area contributed by atoms with Crippen molar-refractivity contribution in [2.45, 2.75) is 26.3 Å². The second kappa shape index (κ2) is 4.93. The normalized spacial score (nSPS) is 18.6. The second-order valence-electron chi connectivity index (χ2n) is 4.27. The standard InChI is InChI=1S/C12H13N3O3S/c1-3-8-4-5-9(6-10(8)15(17)18)14-11(16)7(2)13-12(14)19/h4-7H,3H2,1-2H3,(H,13,19)/t7-/m0/s1. The fourth-order valence-corrected chi connectivity index (χ4v) is 2.38. The third-order valence-corrected chi connectivity index (χ3v) is 3.34. The molecule has 19 heavy (non-hydrogen) atoms. The lowest BCUT2D eigenvalue weighted by Gasteiger charge is -2.15. The van der Waals surface area contributed by atoms with Gasteiger partial charge in [-0.25, -0.2) is 0 Å². The van der Waals surface area contributed by atoms with Gasteiger partial charge >= 0.3 is 0 Å². The molecule has 0 aliphatic carbocycles. The second-order valence-corrected chi connectivity index (χ2v) is 4.66. The fourth-order valence-electron chi connectivity index (χ4n) is 2.01. The van der Waals surface area contributed by atoms with Crippen LogP contribution in [-0.4, -0.2) is 22.0 Å². The van der Waals surface area contributed by atoms with Crippen LogP contribution in [0.2, 0.25) is 0 Å². The molecule has 1 aliphatic rings. The molecule has 1 amide bonds. The van der Waals surface area contributed by atoms with Gasteiger partial charge < -0.3 is 5.32 Å². The predicted octanol–water partition coefficient (Wildman–Crippen LogP) is 1.77. The van der Waals surface area contributed by atoms with Gasteiger partial charge in [0.2, 0.25) is 0 Å². The van der Waals surface area contributed by atoms with Gasteiger partial charge in [0.05, 0.1) is 10.6 Å². The minimum Gasteiger partial charge on any atom is -0.350 e. The van der Waals surface area contributed by atoms with Crippen molar-refractivity contribution in [1.29, 1.82) is 0 Å². The average Bonchev–Trinajstić information content (AvgIpc) is 2.62. The Morgan fingerprint density at radius 1 is 1.53 bits per heavy atom. The predicted molar refractivity (Wildman–Crippen MR) is 75.2 cm³/mol. The Hall–Kier alpha value is -2.02. The Balaban J connectivity index is 2.47. The van der Waals surface area contributed by atoms with Gasteiger partial charge in [-0.1, -0.05) is 13.0 Å². The van der Waals surface area contributed by atoms with E-state index < -0.39 is 11.0 Å². The van der Waals surface area contributed by atoms with Gasteiger partial charge in [0.1, 0.15) is 6.04 Å². The van der Waals surface area contributed by atoms with E-state index in [0.717, 1.165) is 0 Å². The molecular weight excluding hydrogens is 266 g/mol. The zero-order valence-corrected chi connectivity index (χ0v) is 11.4. The number of thiocarbonyl (C=S) groups is 1. The highest BCUT2D eigenvalue weighted by Crippen LogP contribution is 2.28. The van der Waals surface area contributed by atoms with Gasteiger partial charge in [-0.3, -0.25) is 19.8 Å². The summed E-state index contributed by atoms with van der Waals surface area (Å²) >= 11 is 5.07. The number of anilines is 1. The molecule has 1 aromatic carbocycles. The van der Waals surface area contributed by atoms with E-state index in [0.29, 0.717) is 17.7 Å². The average molecular weight is 279 g/mol. The molecule has 0 spiro atoms. The highest BCUT2D eigenvalue weighted by molar-refractivity contribution is 7.80. The smallest absolute Gasteiger partial charge is 0.274 e. The highest BCUT2D eigenvalue weighted by atomic mass is 32.1. The first-order valence-electron chi connectivity index (χ1n) is 5.87. The maximum atomic E-state index is 12.0. The summed E-state index contributed by atoms with van der Waals surface area (Å²) in [6.07, 6.45) is 0.559. The molecule has 6 nitrogen and oxygen atoms in total. The minimum atomic E-state index is -0.442. The van der Waals surface area contributed by atoms with E-state index >= 15 is 0 Å².